The van der Waals surface area contributed by atoms with Crippen LogP contribution in [0, 0.1) is 5.82 Å². The minimum absolute atomic E-state index is 0.348. The van der Waals surface area contributed by atoms with E-state index in [-0.39, 0.29) is 5.91 Å². The third kappa shape index (κ3) is 3.80. The highest BCUT2D eigenvalue weighted by Gasteiger charge is 2.31. The third-order valence-electron chi connectivity index (χ3n) is 3.82. The Bertz CT molecular complexity index is 848. The van der Waals surface area contributed by atoms with E-state index in [2.05, 4.69) is 16.0 Å². The third-order valence-corrected chi connectivity index (χ3v) is 4.07. The minimum Gasteiger partial charge on any atom is -0.327 e. The summed E-state index contributed by atoms with van der Waals surface area (Å²) < 4.78 is 13.2. The van der Waals surface area contributed by atoms with Crippen molar-refractivity contribution in [2.75, 3.05) is 5.32 Å². The minimum atomic E-state index is -0.679. The molecule has 0 radical (unpaired) electrons. The smallest absolute Gasteiger partial charge is 0.319 e. The highest BCUT2D eigenvalue weighted by molar-refractivity contribution is 6.30. The average molecular weight is 360 g/mol. The zero-order valence-corrected chi connectivity index (χ0v) is 14.0. The fourth-order valence-corrected chi connectivity index (χ4v) is 2.76. The number of carbonyl (C=O) groups excluding carboxylic acids is 2. The van der Waals surface area contributed by atoms with Gasteiger partial charge in [0.1, 0.15) is 5.82 Å². The molecule has 1 atom stereocenters. The Balaban J connectivity index is 1.92. The predicted molar refractivity (Wildman–Crippen MR) is 93.6 cm³/mol. The second kappa shape index (κ2) is 6.94. The number of halogens is 2. The van der Waals surface area contributed by atoms with E-state index in [9.17, 15) is 14.0 Å². The Hall–Kier alpha value is -2.86. The summed E-state index contributed by atoms with van der Waals surface area (Å²) in [6, 6.07) is 11.2. The molecule has 3 rings (SSSR count). The van der Waals surface area contributed by atoms with Gasteiger partial charge in [-0.25, -0.2) is 9.18 Å². The van der Waals surface area contributed by atoms with E-state index in [1.54, 1.807) is 31.2 Å². The lowest BCUT2D eigenvalue weighted by Crippen LogP contribution is -2.45. The van der Waals surface area contributed by atoms with Crippen LogP contribution in [-0.4, -0.2) is 11.9 Å². The molecule has 0 bridgehead atoms. The first-order valence-corrected chi connectivity index (χ1v) is 7.92. The second-order valence-corrected chi connectivity index (χ2v) is 6.02. The van der Waals surface area contributed by atoms with Gasteiger partial charge in [0.05, 0.1) is 11.6 Å². The van der Waals surface area contributed by atoms with Crippen LogP contribution in [0.25, 0.3) is 0 Å². The molecule has 1 aliphatic heterocycles. The Morgan fingerprint density at radius 2 is 1.76 bits per heavy atom. The molecule has 2 aromatic rings. The normalized spacial score (nSPS) is 16.9. The Morgan fingerprint density at radius 1 is 1.12 bits per heavy atom. The molecule has 25 heavy (non-hydrogen) atoms. The van der Waals surface area contributed by atoms with Gasteiger partial charge in [-0.2, -0.15) is 0 Å². The molecule has 0 spiro atoms. The van der Waals surface area contributed by atoms with E-state index < -0.39 is 17.9 Å². The van der Waals surface area contributed by atoms with Gasteiger partial charge in [-0.1, -0.05) is 23.7 Å². The number of rotatable bonds is 3. The topological polar surface area (TPSA) is 70.2 Å². The van der Waals surface area contributed by atoms with Crippen molar-refractivity contribution in [2.24, 2.45) is 0 Å². The first-order chi connectivity index (χ1) is 11.9. The monoisotopic (exact) mass is 359 g/mol. The molecule has 2 aromatic carbocycles. The number of hydrogen-bond acceptors (Lipinski definition) is 2. The summed E-state index contributed by atoms with van der Waals surface area (Å²) in [6.07, 6.45) is 0. The predicted octanol–water partition coefficient (Wildman–Crippen LogP) is 3.75. The van der Waals surface area contributed by atoms with Crippen molar-refractivity contribution in [3.63, 3.8) is 0 Å². The van der Waals surface area contributed by atoms with Gasteiger partial charge < -0.3 is 16.0 Å². The van der Waals surface area contributed by atoms with E-state index in [0.29, 0.717) is 27.5 Å². The Labute approximate surface area is 148 Å². The quantitative estimate of drug-likeness (QED) is 0.781. The molecule has 128 valence electrons. The van der Waals surface area contributed by atoms with Crippen LogP contribution in [0.4, 0.5) is 14.9 Å². The Kier molecular flexibility index (Phi) is 4.72. The summed E-state index contributed by atoms with van der Waals surface area (Å²) in [6.45, 7) is 1.64. The first-order valence-electron chi connectivity index (χ1n) is 7.54. The zero-order chi connectivity index (χ0) is 18.0. The molecule has 7 heteroatoms. The highest BCUT2D eigenvalue weighted by atomic mass is 35.5. The molecule has 0 fully saturated rings. The van der Waals surface area contributed by atoms with Crippen LogP contribution in [-0.2, 0) is 4.79 Å². The molecule has 0 saturated heterocycles. The average Bonchev–Trinajstić information content (AvgIpc) is 2.57. The standard InChI is InChI=1S/C18H15ClFN3O2/c1-10-15(17(24)22-14-8-4-12(19)5-9-14)16(23-18(25)21-10)11-2-6-13(20)7-3-11/h2-9,16H,1H3,(H,22,24)(H2,21,23,25). The lowest BCUT2D eigenvalue weighted by atomic mass is 9.95. The largest absolute Gasteiger partial charge is 0.327 e. The summed E-state index contributed by atoms with van der Waals surface area (Å²) in [5, 5.41) is 8.62. The number of allylic oxidation sites excluding steroid dienone is 1. The molecule has 3 amide bonds. The maximum absolute atomic E-state index is 13.2. The molecule has 3 N–H and O–H groups in total. The van der Waals surface area contributed by atoms with Gasteiger partial charge in [-0.15, -0.1) is 0 Å². The van der Waals surface area contributed by atoms with Crippen LogP contribution >= 0.6 is 11.6 Å². The second-order valence-electron chi connectivity index (χ2n) is 5.58. The number of anilines is 1. The van der Waals surface area contributed by atoms with Crippen LogP contribution in [0.2, 0.25) is 5.02 Å². The van der Waals surface area contributed by atoms with E-state index >= 15 is 0 Å². The van der Waals surface area contributed by atoms with Gasteiger partial charge in [0.25, 0.3) is 5.91 Å². The summed E-state index contributed by atoms with van der Waals surface area (Å²) in [5.41, 5.74) is 1.96. The molecular weight excluding hydrogens is 345 g/mol. The fourth-order valence-electron chi connectivity index (χ4n) is 2.63. The molecule has 1 aliphatic rings. The van der Waals surface area contributed by atoms with Gasteiger partial charge in [-0.05, 0) is 48.9 Å². The molecule has 5 nitrogen and oxygen atoms in total. The molecule has 0 saturated carbocycles. The summed E-state index contributed by atoms with van der Waals surface area (Å²) in [5.74, 6) is -0.765. The van der Waals surface area contributed by atoms with Crippen LogP contribution in [0.15, 0.2) is 59.8 Å². The van der Waals surface area contributed by atoms with Crippen molar-refractivity contribution in [3.8, 4) is 0 Å². The van der Waals surface area contributed by atoms with Crippen molar-refractivity contribution in [1.82, 2.24) is 10.6 Å². The molecular formula is C18H15ClFN3O2. The van der Waals surface area contributed by atoms with E-state index in [4.69, 9.17) is 11.6 Å². The van der Waals surface area contributed by atoms with Crippen molar-refractivity contribution >= 4 is 29.2 Å². The SMILES string of the molecule is CC1=C(C(=O)Nc2ccc(Cl)cc2)C(c2ccc(F)cc2)NC(=O)N1. The number of amides is 3. The van der Waals surface area contributed by atoms with Gasteiger partial charge in [0, 0.05) is 16.4 Å². The molecule has 0 aliphatic carbocycles. The molecule has 0 aromatic heterocycles. The summed E-state index contributed by atoms with van der Waals surface area (Å²) in [7, 11) is 0. The number of carbonyl (C=O) groups is 2. The van der Waals surface area contributed by atoms with Crippen molar-refractivity contribution in [2.45, 2.75) is 13.0 Å². The van der Waals surface area contributed by atoms with Crippen molar-refractivity contribution in [1.29, 1.82) is 0 Å². The molecule has 1 unspecified atom stereocenters. The van der Waals surface area contributed by atoms with Crippen LogP contribution < -0.4 is 16.0 Å². The van der Waals surface area contributed by atoms with Gasteiger partial charge in [0.15, 0.2) is 0 Å². The molecule has 1 heterocycles. The number of hydrogen-bond donors (Lipinski definition) is 3. The van der Waals surface area contributed by atoms with E-state index in [1.165, 1.54) is 24.3 Å². The summed E-state index contributed by atoms with van der Waals surface area (Å²) in [4.78, 5) is 24.6. The highest BCUT2D eigenvalue weighted by Crippen LogP contribution is 2.28. The van der Waals surface area contributed by atoms with Gasteiger partial charge in [-0.3, -0.25) is 4.79 Å². The van der Waals surface area contributed by atoms with Crippen molar-refractivity contribution in [3.05, 3.63) is 76.2 Å². The van der Waals surface area contributed by atoms with Crippen LogP contribution in [0.5, 0.6) is 0 Å². The van der Waals surface area contributed by atoms with Gasteiger partial charge in [0.2, 0.25) is 0 Å². The first kappa shape index (κ1) is 17.0. The van der Waals surface area contributed by atoms with E-state index in [1.807, 2.05) is 0 Å². The van der Waals surface area contributed by atoms with Crippen LogP contribution in [0.3, 0.4) is 0 Å². The van der Waals surface area contributed by atoms with Crippen LogP contribution in [0.1, 0.15) is 18.5 Å². The maximum Gasteiger partial charge on any atom is 0.319 e. The zero-order valence-electron chi connectivity index (χ0n) is 13.3. The lowest BCUT2D eigenvalue weighted by Gasteiger charge is -2.28. The number of nitrogens with one attached hydrogen (secondary N) is 3. The van der Waals surface area contributed by atoms with E-state index in [0.717, 1.165) is 0 Å². The van der Waals surface area contributed by atoms with Gasteiger partial charge >= 0.3 is 6.03 Å². The maximum atomic E-state index is 13.2. The lowest BCUT2D eigenvalue weighted by molar-refractivity contribution is -0.113. The van der Waals surface area contributed by atoms with Crippen molar-refractivity contribution < 1.29 is 14.0 Å². The fraction of sp³-hybridized carbons (Fsp3) is 0.111. The Morgan fingerprint density at radius 3 is 2.40 bits per heavy atom. The number of urea groups is 1. The summed E-state index contributed by atoms with van der Waals surface area (Å²) >= 11 is 5.84. The number of benzene rings is 2.